The predicted molar refractivity (Wildman–Crippen MR) is 80.7 cm³/mol. The summed E-state index contributed by atoms with van der Waals surface area (Å²) in [4.78, 5) is 11.4. The van der Waals surface area contributed by atoms with Crippen LogP contribution in [0.5, 0.6) is 0 Å². The molecule has 0 saturated heterocycles. The fourth-order valence-electron chi connectivity index (χ4n) is 2.74. The quantitative estimate of drug-likeness (QED) is 0.738. The third-order valence-corrected chi connectivity index (χ3v) is 4.03. The van der Waals surface area contributed by atoms with Gasteiger partial charge in [-0.25, -0.2) is 28.1 Å². The van der Waals surface area contributed by atoms with Crippen LogP contribution < -0.4 is 0 Å². The van der Waals surface area contributed by atoms with Crippen molar-refractivity contribution < 1.29 is 18.3 Å². The molecule has 25 heavy (non-hydrogen) atoms. The zero-order chi connectivity index (χ0) is 18.0. The van der Waals surface area contributed by atoms with E-state index in [4.69, 9.17) is 0 Å². The molecule has 0 aliphatic heterocycles. The first-order valence-electron chi connectivity index (χ1n) is 7.37. The second kappa shape index (κ2) is 6.60. The molecule has 130 valence electrons. The highest BCUT2D eigenvalue weighted by atomic mass is 19.1. The smallest absolute Gasteiger partial charge is 0.163 e. The maximum absolute atomic E-state index is 14.2. The molecule has 6 nitrogen and oxygen atoms in total. The summed E-state index contributed by atoms with van der Waals surface area (Å²) in [5.74, 6) is -3.24. The van der Waals surface area contributed by atoms with E-state index in [1.165, 1.54) is 13.3 Å². The van der Waals surface area contributed by atoms with Gasteiger partial charge in [-0.2, -0.15) is 5.10 Å². The highest BCUT2D eigenvalue weighted by molar-refractivity contribution is 5.30. The van der Waals surface area contributed by atoms with Crippen molar-refractivity contribution in [1.82, 2.24) is 25.1 Å². The molecule has 3 aromatic rings. The Morgan fingerprint density at radius 1 is 1.20 bits per heavy atom. The van der Waals surface area contributed by atoms with Gasteiger partial charge in [0.2, 0.25) is 0 Å². The molecule has 2 atom stereocenters. The summed E-state index contributed by atoms with van der Waals surface area (Å²) in [7, 11) is 0. The van der Waals surface area contributed by atoms with Crippen LogP contribution in [0.4, 0.5) is 13.2 Å². The van der Waals surface area contributed by atoms with E-state index in [1.807, 2.05) is 0 Å². The Labute approximate surface area is 140 Å². The van der Waals surface area contributed by atoms with Gasteiger partial charge in [-0.3, -0.25) is 5.10 Å². The van der Waals surface area contributed by atoms with E-state index >= 15 is 0 Å². The summed E-state index contributed by atoms with van der Waals surface area (Å²) in [6.07, 6.45) is 3.38. The summed E-state index contributed by atoms with van der Waals surface area (Å²) in [6.45, 7) is 1.31. The van der Waals surface area contributed by atoms with Gasteiger partial charge in [-0.05, 0) is 13.0 Å². The molecule has 0 aliphatic carbocycles. The first-order chi connectivity index (χ1) is 11.9. The molecule has 2 heterocycles. The van der Waals surface area contributed by atoms with Crippen molar-refractivity contribution in [2.45, 2.75) is 24.9 Å². The van der Waals surface area contributed by atoms with Crippen molar-refractivity contribution in [3.8, 4) is 0 Å². The lowest BCUT2D eigenvalue weighted by molar-refractivity contribution is 0.0194. The lowest BCUT2D eigenvalue weighted by Gasteiger charge is -2.33. The minimum Gasteiger partial charge on any atom is -0.385 e. The average molecular weight is 349 g/mol. The van der Waals surface area contributed by atoms with Gasteiger partial charge in [0.1, 0.15) is 24.3 Å². The second-order valence-corrected chi connectivity index (χ2v) is 5.70. The first-order valence-corrected chi connectivity index (χ1v) is 7.37. The van der Waals surface area contributed by atoms with Crippen LogP contribution in [0.2, 0.25) is 0 Å². The first kappa shape index (κ1) is 17.0. The molecular weight excluding hydrogens is 335 g/mol. The molecule has 9 heteroatoms. The topological polar surface area (TPSA) is 87.6 Å². The van der Waals surface area contributed by atoms with Crippen LogP contribution in [0.15, 0.2) is 37.1 Å². The number of halogens is 3. The highest BCUT2D eigenvalue weighted by Gasteiger charge is 2.40. The third kappa shape index (κ3) is 3.36. The summed E-state index contributed by atoms with van der Waals surface area (Å²) in [5, 5.41) is 17.4. The number of H-pyrrole nitrogens is 1. The van der Waals surface area contributed by atoms with E-state index < -0.39 is 29.0 Å². The number of hydrogen-bond acceptors (Lipinski definition) is 5. The molecule has 0 fully saturated rings. The fourth-order valence-corrected chi connectivity index (χ4v) is 2.74. The molecule has 0 aliphatic rings. The molecule has 2 aromatic heterocycles. The predicted octanol–water partition coefficient (Wildman–Crippen LogP) is 2.25. The number of aromatic nitrogens is 5. The van der Waals surface area contributed by atoms with Crippen molar-refractivity contribution in [2.75, 3.05) is 0 Å². The Morgan fingerprint density at radius 3 is 2.64 bits per heavy atom. The van der Waals surface area contributed by atoms with Crippen molar-refractivity contribution in [3.63, 3.8) is 0 Å². The molecular formula is C16H14F3N5O. The second-order valence-electron chi connectivity index (χ2n) is 5.70. The van der Waals surface area contributed by atoms with Crippen LogP contribution in [-0.4, -0.2) is 30.3 Å². The van der Waals surface area contributed by atoms with Crippen molar-refractivity contribution in [2.24, 2.45) is 0 Å². The van der Waals surface area contributed by atoms with Crippen LogP contribution in [-0.2, 0) is 12.0 Å². The Kier molecular flexibility index (Phi) is 4.49. The van der Waals surface area contributed by atoms with Crippen molar-refractivity contribution >= 4 is 0 Å². The summed E-state index contributed by atoms with van der Waals surface area (Å²) in [5.41, 5.74) is -2.21. The van der Waals surface area contributed by atoms with Gasteiger partial charge in [0, 0.05) is 24.0 Å². The molecule has 0 amide bonds. The van der Waals surface area contributed by atoms with E-state index in [0.29, 0.717) is 6.07 Å². The SMILES string of the molecule is CC(O)(c1ccc(F)cc1F)C(Cc1nc[nH]n1)c1ncncc1F. The van der Waals surface area contributed by atoms with Gasteiger partial charge in [0.25, 0.3) is 0 Å². The zero-order valence-electron chi connectivity index (χ0n) is 13.1. The van der Waals surface area contributed by atoms with Gasteiger partial charge in [0.05, 0.1) is 17.5 Å². The normalized spacial score (nSPS) is 14.9. The van der Waals surface area contributed by atoms with E-state index in [1.54, 1.807) is 0 Å². The summed E-state index contributed by atoms with van der Waals surface area (Å²) >= 11 is 0. The number of aliphatic hydroxyl groups is 1. The number of aromatic amines is 1. The minimum atomic E-state index is -1.91. The van der Waals surface area contributed by atoms with Crippen LogP contribution in [0.3, 0.4) is 0 Å². The van der Waals surface area contributed by atoms with Crippen LogP contribution in [0, 0.1) is 17.5 Å². The van der Waals surface area contributed by atoms with Gasteiger partial charge in [-0.1, -0.05) is 6.07 Å². The number of hydrogen-bond donors (Lipinski definition) is 2. The van der Waals surface area contributed by atoms with Crippen LogP contribution >= 0.6 is 0 Å². The van der Waals surface area contributed by atoms with Crippen molar-refractivity contribution in [1.29, 1.82) is 0 Å². The standard InChI is InChI=1S/C16H14F3N5O/c1-16(25,10-3-2-9(17)4-12(10)18)11(5-14-21-8-23-24-14)15-13(19)6-20-7-22-15/h2-4,6-8,11,25H,5H2,1H3,(H,21,23,24). The molecule has 2 N–H and O–H groups in total. The van der Waals surface area contributed by atoms with E-state index in [2.05, 4.69) is 25.1 Å². The minimum absolute atomic E-state index is 0.0265. The summed E-state index contributed by atoms with van der Waals surface area (Å²) in [6, 6.07) is 2.80. The monoisotopic (exact) mass is 349 g/mol. The maximum atomic E-state index is 14.2. The van der Waals surface area contributed by atoms with Gasteiger partial charge in [0.15, 0.2) is 11.6 Å². The molecule has 0 spiro atoms. The number of benzene rings is 1. The van der Waals surface area contributed by atoms with Gasteiger partial charge in [-0.15, -0.1) is 0 Å². The third-order valence-electron chi connectivity index (χ3n) is 4.03. The highest BCUT2D eigenvalue weighted by Crippen LogP contribution is 2.39. The summed E-state index contributed by atoms with van der Waals surface area (Å²) < 4.78 is 41.7. The fraction of sp³-hybridized carbons (Fsp3) is 0.250. The van der Waals surface area contributed by atoms with Crippen LogP contribution in [0.25, 0.3) is 0 Å². The Morgan fingerprint density at radius 2 is 2.00 bits per heavy atom. The molecule has 2 unspecified atom stereocenters. The van der Waals surface area contributed by atoms with Gasteiger partial charge >= 0.3 is 0 Å². The van der Waals surface area contributed by atoms with E-state index in [9.17, 15) is 18.3 Å². The zero-order valence-corrected chi connectivity index (χ0v) is 13.1. The molecule has 3 rings (SSSR count). The molecule has 0 bridgehead atoms. The lowest BCUT2D eigenvalue weighted by atomic mass is 9.78. The van der Waals surface area contributed by atoms with E-state index in [-0.39, 0.29) is 23.5 Å². The largest absolute Gasteiger partial charge is 0.385 e. The number of rotatable bonds is 5. The average Bonchev–Trinajstić information content (AvgIpc) is 3.06. The Balaban J connectivity index is 2.10. The Hall–Kier alpha value is -2.81. The molecule has 0 saturated carbocycles. The van der Waals surface area contributed by atoms with Crippen molar-refractivity contribution in [3.05, 3.63) is 71.6 Å². The van der Waals surface area contributed by atoms with Crippen LogP contribution in [0.1, 0.15) is 29.9 Å². The maximum Gasteiger partial charge on any atom is 0.163 e. The molecule has 0 radical (unpaired) electrons. The molecule has 1 aromatic carbocycles. The van der Waals surface area contributed by atoms with E-state index in [0.717, 1.165) is 24.7 Å². The number of nitrogens with zero attached hydrogens (tertiary/aromatic N) is 4. The number of nitrogens with one attached hydrogen (secondary N) is 1. The lowest BCUT2D eigenvalue weighted by Crippen LogP contribution is -2.34. The Bertz CT molecular complexity index is 870. The van der Waals surface area contributed by atoms with Gasteiger partial charge < -0.3 is 5.11 Å².